The molecule has 0 aliphatic rings. The largest absolute Gasteiger partial charge is 0.366 e. The molecule has 0 amide bonds. The molecular weight excluding hydrogens is 212 g/mol. The summed E-state index contributed by atoms with van der Waals surface area (Å²) in [6.45, 7) is 0.752. The lowest BCUT2D eigenvalue weighted by atomic mass is 10.2. The van der Waals surface area contributed by atoms with Crippen LogP contribution in [0.4, 0.5) is 5.82 Å². The van der Waals surface area contributed by atoms with Crippen molar-refractivity contribution in [2.24, 2.45) is 0 Å². The molecule has 3 aromatic heterocycles. The van der Waals surface area contributed by atoms with Gasteiger partial charge >= 0.3 is 0 Å². The number of fused-ring (bicyclic) bond motifs is 1. The van der Waals surface area contributed by atoms with Crippen LogP contribution in [0, 0.1) is 0 Å². The Kier molecular flexibility index (Phi) is 2.46. The van der Waals surface area contributed by atoms with Crippen molar-refractivity contribution in [3.63, 3.8) is 0 Å². The highest BCUT2D eigenvalue weighted by Crippen LogP contribution is 2.13. The molecule has 17 heavy (non-hydrogen) atoms. The highest BCUT2D eigenvalue weighted by atomic mass is 15.0. The molecule has 0 bridgehead atoms. The summed E-state index contributed by atoms with van der Waals surface area (Å²) in [5.41, 5.74) is 2.10. The topological polar surface area (TPSA) is 53.6 Å². The van der Waals surface area contributed by atoms with Crippen molar-refractivity contribution in [2.75, 3.05) is 5.32 Å². The summed E-state index contributed by atoms with van der Waals surface area (Å²) in [5.74, 6) is 0.872. The van der Waals surface area contributed by atoms with Gasteiger partial charge in [-0.3, -0.25) is 4.98 Å². The Bertz CT molecular complexity index is 615. The molecule has 0 fully saturated rings. The van der Waals surface area contributed by atoms with E-state index in [0.29, 0.717) is 0 Å². The zero-order valence-corrected chi connectivity index (χ0v) is 9.22. The van der Waals surface area contributed by atoms with E-state index in [9.17, 15) is 0 Å². The van der Waals surface area contributed by atoms with E-state index in [-0.39, 0.29) is 0 Å². The number of pyridine rings is 2. The summed E-state index contributed by atoms with van der Waals surface area (Å²) in [4.78, 5) is 11.6. The Morgan fingerprint density at radius 2 is 1.94 bits per heavy atom. The van der Waals surface area contributed by atoms with Crippen molar-refractivity contribution in [2.45, 2.75) is 6.54 Å². The maximum atomic E-state index is 4.47. The Balaban J connectivity index is 1.76. The SMILES string of the molecule is c1cc(CNc2ccc3cc[nH]c3n2)ccn1. The van der Waals surface area contributed by atoms with Crippen LogP contribution in [0.5, 0.6) is 0 Å². The number of nitrogens with one attached hydrogen (secondary N) is 2. The van der Waals surface area contributed by atoms with E-state index in [0.717, 1.165) is 23.4 Å². The number of rotatable bonds is 3. The molecule has 84 valence electrons. The van der Waals surface area contributed by atoms with Crippen molar-refractivity contribution in [3.8, 4) is 0 Å². The van der Waals surface area contributed by atoms with Crippen LogP contribution >= 0.6 is 0 Å². The van der Waals surface area contributed by atoms with Crippen LogP contribution in [0.1, 0.15) is 5.56 Å². The second kappa shape index (κ2) is 4.25. The number of anilines is 1. The van der Waals surface area contributed by atoms with E-state index >= 15 is 0 Å². The zero-order valence-electron chi connectivity index (χ0n) is 9.22. The zero-order chi connectivity index (χ0) is 11.5. The first kappa shape index (κ1) is 9.84. The smallest absolute Gasteiger partial charge is 0.139 e. The highest BCUT2D eigenvalue weighted by Gasteiger charge is 1.98. The minimum Gasteiger partial charge on any atom is -0.366 e. The quantitative estimate of drug-likeness (QED) is 0.719. The van der Waals surface area contributed by atoms with Gasteiger partial charge < -0.3 is 10.3 Å². The number of hydrogen-bond donors (Lipinski definition) is 2. The first-order chi connectivity index (χ1) is 8.42. The van der Waals surface area contributed by atoms with Crippen LogP contribution < -0.4 is 5.32 Å². The molecule has 0 aromatic carbocycles. The van der Waals surface area contributed by atoms with E-state index in [1.54, 1.807) is 12.4 Å². The summed E-state index contributed by atoms with van der Waals surface area (Å²) in [6, 6.07) is 10.0. The average molecular weight is 224 g/mol. The molecule has 3 aromatic rings. The van der Waals surface area contributed by atoms with E-state index in [1.807, 2.05) is 36.5 Å². The third-order valence-electron chi connectivity index (χ3n) is 2.63. The first-order valence-corrected chi connectivity index (χ1v) is 5.49. The number of nitrogens with zero attached hydrogens (tertiary/aromatic N) is 2. The molecule has 0 saturated heterocycles. The lowest BCUT2D eigenvalue weighted by Gasteiger charge is -2.05. The maximum absolute atomic E-state index is 4.47. The van der Waals surface area contributed by atoms with E-state index in [4.69, 9.17) is 0 Å². The first-order valence-electron chi connectivity index (χ1n) is 5.49. The Morgan fingerprint density at radius 1 is 1.06 bits per heavy atom. The molecule has 0 radical (unpaired) electrons. The lowest BCUT2D eigenvalue weighted by molar-refractivity contribution is 1.10. The molecule has 3 rings (SSSR count). The van der Waals surface area contributed by atoms with Crippen LogP contribution in [-0.2, 0) is 6.54 Å². The van der Waals surface area contributed by atoms with Crippen LogP contribution in [0.2, 0.25) is 0 Å². The summed E-state index contributed by atoms with van der Waals surface area (Å²) in [6.07, 6.45) is 5.47. The third-order valence-corrected chi connectivity index (χ3v) is 2.63. The summed E-state index contributed by atoms with van der Waals surface area (Å²) in [5, 5.41) is 4.41. The average Bonchev–Trinajstić information content (AvgIpc) is 2.85. The minimum atomic E-state index is 0.752. The van der Waals surface area contributed by atoms with Crippen molar-refractivity contribution >= 4 is 16.9 Å². The van der Waals surface area contributed by atoms with Gasteiger partial charge in [0.2, 0.25) is 0 Å². The van der Waals surface area contributed by atoms with Gasteiger partial charge in [-0.2, -0.15) is 0 Å². The molecule has 0 spiro atoms. The Labute approximate surface area is 98.7 Å². The Morgan fingerprint density at radius 3 is 2.82 bits per heavy atom. The molecule has 3 heterocycles. The molecule has 2 N–H and O–H groups in total. The van der Waals surface area contributed by atoms with Gasteiger partial charge in [-0.15, -0.1) is 0 Å². The Hall–Kier alpha value is -2.36. The normalized spacial score (nSPS) is 10.6. The summed E-state index contributed by atoms with van der Waals surface area (Å²) in [7, 11) is 0. The molecular formula is C13H12N4. The van der Waals surface area contributed by atoms with Gasteiger partial charge in [-0.25, -0.2) is 4.98 Å². The number of hydrogen-bond acceptors (Lipinski definition) is 3. The fraction of sp³-hybridized carbons (Fsp3) is 0.0769. The molecule has 0 aliphatic carbocycles. The van der Waals surface area contributed by atoms with Gasteiger partial charge in [0.05, 0.1) is 0 Å². The monoisotopic (exact) mass is 224 g/mol. The van der Waals surface area contributed by atoms with Crippen molar-refractivity contribution in [3.05, 3.63) is 54.5 Å². The summed E-state index contributed by atoms with van der Waals surface area (Å²) >= 11 is 0. The van der Waals surface area contributed by atoms with Gasteiger partial charge in [0.15, 0.2) is 0 Å². The van der Waals surface area contributed by atoms with Crippen LogP contribution in [0.15, 0.2) is 48.9 Å². The van der Waals surface area contributed by atoms with Gasteiger partial charge in [-0.05, 0) is 35.9 Å². The van der Waals surface area contributed by atoms with E-state index in [2.05, 4.69) is 20.3 Å². The van der Waals surface area contributed by atoms with E-state index < -0.39 is 0 Å². The summed E-state index contributed by atoms with van der Waals surface area (Å²) < 4.78 is 0. The number of H-pyrrole nitrogens is 1. The number of aromatic nitrogens is 3. The predicted octanol–water partition coefficient (Wildman–Crippen LogP) is 2.57. The molecule has 4 heteroatoms. The van der Waals surface area contributed by atoms with Crippen LogP contribution in [0.25, 0.3) is 11.0 Å². The fourth-order valence-corrected chi connectivity index (χ4v) is 1.72. The van der Waals surface area contributed by atoms with Crippen LogP contribution in [0.3, 0.4) is 0 Å². The third kappa shape index (κ3) is 2.10. The van der Waals surface area contributed by atoms with Gasteiger partial charge in [0.25, 0.3) is 0 Å². The molecule has 0 unspecified atom stereocenters. The van der Waals surface area contributed by atoms with E-state index in [1.165, 1.54) is 5.56 Å². The van der Waals surface area contributed by atoms with Crippen molar-refractivity contribution in [1.82, 2.24) is 15.0 Å². The van der Waals surface area contributed by atoms with Crippen molar-refractivity contribution < 1.29 is 0 Å². The second-order valence-corrected chi connectivity index (χ2v) is 3.82. The molecule has 0 aliphatic heterocycles. The van der Waals surface area contributed by atoms with Crippen molar-refractivity contribution in [1.29, 1.82) is 0 Å². The molecule has 0 saturated carbocycles. The van der Waals surface area contributed by atoms with Gasteiger partial charge in [0, 0.05) is 30.5 Å². The second-order valence-electron chi connectivity index (χ2n) is 3.82. The van der Waals surface area contributed by atoms with Crippen LogP contribution in [-0.4, -0.2) is 15.0 Å². The fourth-order valence-electron chi connectivity index (χ4n) is 1.72. The van der Waals surface area contributed by atoms with Gasteiger partial charge in [-0.1, -0.05) is 0 Å². The minimum absolute atomic E-state index is 0.752. The maximum Gasteiger partial charge on any atom is 0.139 e. The molecule has 4 nitrogen and oxygen atoms in total. The predicted molar refractivity (Wildman–Crippen MR) is 67.7 cm³/mol. The standard InChI is InChI=1S/C13H12N4/c1-2-12(17-13-11(1)5-8-15-13)16-9-10-3-6-14-7-4-10/h1-8H,9H2,(H2,15,16,17). The van der Waals surface area contributed by atoms with Gasteiger partial charge in [0.1, 0.15) is 11.5 Å². The highest BCUT2D eigenvalue weighted by molar-refractivity contribution is 5.77. The lowest BCUT2D eigenvalue weighted by Crippen LogP contribution is -2.01. The molecule has 0 atom stereocenters. The number of aromatic amines is 1.